The van der Waals surface area contributed by atoms with E-state index in [0.717, 1.165) is 12.8 Å². The standard InChI is InChI=1S/C10H10N2/c11-5-9-7-1-2-8(4-3-7)10(9)6-12/h1-2,7-10H,3-4H2/t7-,8+,9-,10-/m0/s1. The van der Waals surface area contributed by atoms with Crippen LogP contribution in [-0.2, 0) is 0 Å². The van der Waals surface area contributed by atoms with E-state index >= 15 is 0 Å². The molecule has 12 heavy (non-hydrogen) atoms. The van der Waals surface area contributed by atoms with Crippen molar-refractivity contribution in [2.24, 2.45) is 23.7 Å². The molecule has 1 fully saturated rings. The van der Waals surface area contributed by atoms with Gasteiger partial charge in [0.2, 0.25) is 0 Å². The van der Waals surface area contributed by atoms with Gasteiger partial charge in [-0.15, -0.1) is 0 Å². The molecular formula is C10H10N2. The van der Waals surface area contributed by atoms with Crippen molar-refractivity contribution in [2.75, 3.05) is 0 Å². The van der Waals surface area contributed by atoms with Crippen molar-refractivity contribution in [3.8, 4) is 12.1 Å². The van der Waals surface area contributed by atoms with Gasteiger partial charge in [-0.05, 0) is 24.7 Å². The fourth-order valence-electron chi connectivity index (χ4n) is 2.35. The van der Waals surface area contributed by atoms with Gasteiger partial charge in [-0.3, -0.25) is 0 Å². The van der Waals surface area contributed by atoms with Crippen LogP contribution in [0, 0.1) is 46.3 Å². The monoisotopic (exact) mass is 158 g/mol. The van der Waals surface area contributed by atoms with Crippen LogP contribution in [0.15, 0.2) is 12.2 Å². The first-order chi connectivity index (χ1) is 5.86. The van der Waals surface area contributed by atoms with E-state index in [1.165, 1.54) is 0 Å². The number of fused-ring (bicyclic) bond motifs is 2. The van der Waals surface area contributed by atoms with E-state index in [1.807, 2.05) is 0 Å². The summed E-state index contributed by atoms with van der Waals surface area (Å²) in [5.41, 5.74) is 0. The quantitative estimate of drug-likeness (QED) is 0.505. The molecular weight excluding hydrogens is 148 g/mol. The highest BCUT2D eigenvalue weighted by Gasteiger charge is 2.40. The maximum atomic E-state index is 8.88. The highest BCUT2D eigenvalue weighted by molar-refractivity contribution is 5.18. The predicted octanol–water partition coefficient (Wildman–Crippen LogP) is 1.86. The number of hydrogen-bond acceptors (Lipinski definition) is 2. The summed E-state index contributed by atoms with van der Waals surface area (Å²) >= 11 is 0. The van der Waals surface area contributed by atoms with Crippen LogP contribution in [0.3, 0.4) is 0 Å². The molecule has 0 saturated heterocycles. The number of allylic oxidation sites excluding steroid dienone is 2. The van der Waals surface area contributed by atoms with Crippen LogP contribution in [0.2, 0.25) is 0 Å². The van der Waals surface area contributed by atoms with Crippen molar-refractivity contribution in [2.45, 2.75) is 12.8 Å². The van der Waals surface area contributed by atoms with Crippen LogP contribution in [-0.4, -0.2) is 0 Å². The van der Waals surface area contributed by atoms with Crippen LogP contribution < -0.4 is 0 Å². The second-order valence-electron chi connectivity index (χ2n) is 3.60. The molecule has 60 valence electrons. The van der Waals surface area contributed by atoms with Crippen molar-refractivity contribution in [3.63, 3.8) is 0 Å². The lowest BCUT2D eigenvalue weighted by molar-refractivity contribution is 0.209. The van der Waals surface area contributed by atoms with E-state index in [4.69, 9.17) is 10.5 Å². The lowest BCUT2D eigenvalue weighted by Gasteiger charge is -2.38. The van der Waals surface area contributed by atoms with Gasteiger partial charge in [0.15, 0.2) is 0 Å². The lowest BCUT2D eigenvalue weighted by Crippen LogP contribution is -2.35. The van der Waals surface area contributed by atoms with Crippen LogP contribution >= 0.6 is 0 Å². The molecule has 0 aromatic heterocycles. The molecule has 0 aliphatic heterocycles. The van der Waals surface area contributed by atoms with Gasteiger partial charge in [0.25, 0.3) is 0 Å². The first kappa shape index (κ1) is 7.37. The molecule has 4 atom stereocenters. The summed E-state index contributed by atoms with van der Waals surface area (Å²) in [4.78, 5) is 0. The van der Waals surface area contributed by atoms with Crippen LogP contribution in [0.1, 0.15) is 12.8 Å². The molecule has 0 unspecified atom stereocenters. The van der Waals surface area contributed by atoms with E-state index in [0.29, 0.717) is 11.8 Å². The molecule has 3 aliphatic carbocycles. The first-order valence-corrected chi connectivity index (χ1v) is 4.34. The normalized spacial score (nSPS) is 43.5. The molecule has 0 radical (unpaired) electrons. The van der Waals surface area contributed by atoms with Gasteiger partial charge >= 0.3 is 0 Å². The van der Waals surface area contributed by atoms with Gasteiger partial charge in [0, 0.05) is 0 Å². The molecule has 1 saturated carbocycles. The average molecular weight is 158 g/mol. The maximum absolute atomic E-state index is 8.88. The molecule has 0 amide bonds. The molecule has 2 nitrogen and oxygen atoms in total. The Morgan fingerprint density at radius 1 is 0.917 bits per heavy atom. The molecule has 3 aliphatic rings. The van der Waals surface area contributed by atoms with Crippen LogP contribution in [0.4, 0.5) is 0 Å². The van der Waals surface area contributed by atoms with Gasteiger partial charge in [-0.1, -0.05) is 12.2 Å². The molecule has 2 heteroatoms. The van der Waals surface area contributed by atoms with Gasteiger partial charge < -0.3 is 0 Å². The smallest absolute Gasteiger partial charge is 0.0689 e. The van der Waals surface area contributed by atoms with E-state index < -0.39 is 0 Å². The van der Waals surface area contributed by atoms with Crippen LogP contribution in [0.25, 0.3) is 0 Å². The van der Waals surface area contributed by atoms with Crippen molar-refractivity contribution in [1.29, 1.82) is 10.5 Å². The summed E-state index contributed by atoms with van der Waals surface area (Å²) in [7, 11) is 0. The van der Waals surface area contributed by atoms with Gasteiger partial charge in [0.05, 0.1) is 24.0 Å². The second-order valence-corrected chi connectivity index (χ2v) is 3.60. The van der Waals surface area contributed by atoms with Crippen molar-refractivity contribution in [1.82, 2.24) is 0 Å². The van der Waals surface area contributed by atoms with Crippen molar-refractivity contribution in [3.05, 3.63) is 12.2 Å². The van der Waals surface area contributed by atoms with Crippen LogP contribution in [0.5, 0.6) is 0 Å². The Bertz CT molecular complexity index is 262. The van der Waals surface area contributed by atoms with Gasteiger partial charge in [-0.25, -0.2) is 0 Å². The van der Waals surface area contributed by atoms with E-state index in [-0.39, 0.29) is 11.8 Å². The molecule has 0 N–H and O–H groups in total. The minimum atomic E-state index is -0.0428. The molecule has 2 bridgehead atoms. The second kappa shape index (κ2) is 2.64. The van der Waals surface area contributed by atoms with Crippen molar-refractivity contribution < 1.29 is 0 Å². The summed E-state index contributed by atoms with van der Waals surface area (Å²) in [5, 5.41) is 17.8. The van der Waals surface area contributed by atoms with Gasteiger partial charge in [-0.2, -0.15) is 10.5 Å². The molecule has 0 aromatic carbocycles. The zero-order chi connectivity index (χ0) is 8.55. The van der Waals surface area contributed by atoms with Crippen molar-refractivity contribution >= 4 is 0 Å². The Kier molecular flexibility index (Phi) is 1.62. The number of hydrogen-bond donors (Lipinski definition) is 0. The molecule has 0 spiro atoms. The molecule has 0 heterocycles. The zero-order valence-corrected chi connectivity index (χ0v) is 6.77. The topological polar surface area (TPSA) is 47.6 Å². The predicted molar refractivity (Wildman–Crippen MR) is 43.6 cm³/mol. The van der Waals surface area contributed by atoms with E-state index in [2.05, 4.69) is 24.3 Å². The summed E-state index contributed by atoms with van der Waals surface area (Å²) in [6.45, 7) is 0. The lowest BCUT2D eigenvalue weighted by atomic mass is 9.63. The zero-order valence-electron chi connectivity index (χ0n) is 6.77. The Hall–Kier alpha value is -1.28. The Morgan fingerprint density at radius 2 is 1.33 bits per heavy atom. The Balaban J connectivity index is 2.33. The largest absolute Gasteiger partial charge is 0.198 e. The highest BCUT2D eigenvalue weighted by atomic mass is 14.5. The minimum absolute atomic E-state index is 0.0428. The summed E-state index contributed by atoms with van der Waals surface area (Å²) in [5.74, 6) is 0.617. The number of rotatable bonds is 0. The summed E-state index contributed by atoms with van der Waals surface area (Å²) in [6, 6.07) is 4.53. The fraction of sp³-hybridized carbons (Fsp3) is 0.600. The van der Waals surface area contributed by atoms with E-state index in [9.17, 15) is 0 Å². The Labute approximate surface area is 72.1 Å². The van der Waals surface area contributed by atoms with E-state index in [1.54, 1.807) is 0 Å². The third-order valence-electron chi connectivity index (χ3n) is 3.05. The number of nitriles is 2. The fourth-order valence-corrected chi connectivity index (χ4v) is 2.35. The first-order valence-electron chi connectivity index (χ1n) is 4.34. The maximum Gasteiger partial charge on any atom is 0.0689 e. The average Bonchev–Trinajstić information content (AvgIpc) is 2.18. The molecule has 0 aromatic rings. The Morgan fingerprint density at radius 3 is 1.58 bits per heavy atom. The molecule has 3 rings (SSSR count). The third-order valence-corrected chi connectivity index (χ3v) is 3.05. The SMILES string of the molecule is N#C[C@@H]1[C@@H](C#N)[C@H]2C=C[C@@H]1CC2. The number of nitrogens with zero attached hydrogens (tertiary/aromatic N) is 2. The van der Waals surface area contributed by atoms with Gasteiger partial charge in [0.1, 0.15) is 0 Å². The highest BCUT2D eigenvalue weighted by Crippen LogP contribution is 2.43. The minimum Gasteiger partial charge on any atom is -0.198 e. The summed E-state index contributed by atoms with van der Waals surface area (Å²) < 4.78 is 0. The summed E-state index contributed by atoms with van der Waals surface area (Å²) in [6.07, 6.45) is 6.43. The third kappa shape index (κ3) is 0.850.